The highest BCUT2D eigenvalue weighted by molar-refractivity contribution is 6.07. The Bertz CT molecular complexity index is 1450. The molecule has 0 saturated heterocycles. The molecule has 6 rings (SSSR count). The van der Waals surface area contributed by atoms with Gasteiger partial charge >= 0.3 is 0 Å². The summed E-state index contributed by atoms with van der Waals surface area (Å²) in [6.45, 7) is 0.632. The van der Waals surface area contributed by atoms with Crippen molar-refractivity contribution in [1.82, 2.24) is 0 Å². The molecule has 38 heavy (non-hydrogen) atoms. The van der Waals surface area contributed by atoms with Gasteiger partial charge < -0.3 is 10.1 Å². The normalized spacial score (nSPS) is 16.4. The molecular formula is C34H29N3O. The Hall–Kier alpha value is -4.83. The second-order valence-corrected chi connectivity index (χ2v) is 9.25. The van der Waals surface area contributed by atoms with Gasteiger partial charge in [0, 0.05) is 23.6 Å². The molecule has 2 unspecified atom stereocenters. The predicted octanol–water partition coefficient (Wildman–Crippen LogP) is 8.42. The Morgan fingerprint density at radius 3 is 1.76 bits per heavy atom. The topological polar surface area (TPSA) is 36.9 Å². The van der Waals surface area contributed by atoms with Gasteiger partial charge in [0.2, 0.25) is 0 Å². The minimum atomic E-state index is -0.260. The van der Waals surface area contributed by atoms with Crippen LogP contribution in [0.1, 0.15) is 11.7 Å². The minimum absolute atomic E-state index is 0.120. The van der Waals surface area contributed by atoms with E-state index < -0.39 is 0 Å². The van der Waals surface area contributed by atoms with Gasteiger partial charge in [-0.05, 0) is 54.1 Å². The fraction of sp³-hybridized carbons (Fsp3) is 0.0882. The first-order chi connectivity index (χ1) is 18.9. The van der Waals surface area contributed by atoms with E-state index in [1.54, 1.807) is 0 Å². The number of fused-ring (bicyclic) bond motifs is 1. The number of aliphatic imine (C=N–C) groups is 1. The molecule has 0 spiro atoms. The maximum absolute atomic E-state index is 6.81. The molecule has 2 atom stereocenters. The summed E-state index contributed by atoms with van der Waals surface area (Å²) in [5, 5.41) is 3.67. The summed E-state index contributed by atoms with van der Waals surface area (Å²) in [5.74, 6) is 1.58. The lowest BCUT2D eigenvalue weighted by atomic mass is 9.92. The molecule has 0 amide bonds. The third-order valence-electron chi connectivity index (χ3n) is 6.74. The zero-order chi connectivity index (χ0) is 25.6. The largest absolute Gasteiger partial charge is 0.483 e. The first kappa shape index (κ1) is 23.6. The van der Waals surface area contributed by atoms with E-state index in [1.165, 1.54) is 0 Å². The van der Waals surface area contributed by atoms with Crippen LogP contribution in [0, 0.1) is 5.92 Å². The van der Waals surface area contributed by atoms with Gasteiger partial charge in [0.25, 0.3) is 0 Å². The Morgan fingerprint density at radius 1 is 0.605 bits per heavy atom. The van der Waals surface area contributed by atoms with Crippen molar-refractivity contribution in [2.45, 2.75) is 6.10 Å². The van der Waals surface area contributed by atoms with Crippen LogP contribution in [0.4, 0.5) is 22.7 Å². The number of nitrogens with zero attached hydrogens (tertiary/aromatic N) is 2. The highest BCUT2D eigenvalue weighted by atomic mass is 16.5. The van der Waals surface area contributed by atoms with E-state index >= 15 is 0 Å². The van der Waals surface area contributed by atoms with Gasteiger partial charge in [-0.2, -0.15) is 0 Å². The third-order valence-corrected chi connectivity index (χ3v) is 6.74. The van der Waals surface area contributed by atoms with Crippen LogP contribution in [0.2, 0.25) is 0 Å². The zero-order valence-corrected chi connectivity index (χ0v) is 21.0. The van der Waals surface area contributed by atoms with Gasteiger partial charge in [-0.3, -0.25) is 4.90 Å². The summed E-state index contributed by atoms with van der Waals surface area (Å²) in [4.78, 5) is 7.60. The van der Waals surface area contributed by atoms with Crippen LogP contribution >= 0.6 is 0 Å². The van der Waals surface area contributed by atoms with E-state index in [0.717, 1.165) is 39.9 Å². The molecule has 4 nitrogen and oxygen atoms in total. The van der Waals surface area contributed by atoms with E-state index in [9.17, 15) is 0 Å². The highest BCUT2D eigenvalue weighted by Gasteiger charge is 2.36. The van der Waals surface area contributed by atoms with Crippen LogP contribution in [0.3, 0.4) is 0 Å². The van der Waals surface area contributed by atoms with Gasteiger partial charge in [-0.25, -0.2) is 4.99 Å². The lowest BCUT2D eigenvalue weighted by Gasteiger charge is -2.34. The number of rotatable bonds is 6. The van der Waals surface area contributed by atoms with Crippen LogP contribution in [-0.2, 0) is 0 Å². The third kappa shape index (κ3) is 5.02. The van der Waals surface area contributed by atoms with Crippen LogP contribution in [0.5, 0.6) is 5.75 Å². The fourth-order valence-electron chi connectivity index (χ4n) is 4.92. The number of para-hydroxylation sites is 5. The molecule has 0 radical (unpaired) electrons. The summed E-state index contributed by atoms with van der Waals surface area (Å²) in [7, 11) is 0. The molecule has 1 heterocycles. The SMILES string of the molecule is c1ccc(NCC2C(N(c3ccccc3)c3ccccc3)=Nc3ccccc3OC2c2ccccc2)cc1. The summed E-state index contributed by atoms with van der Waals surface area (Å²) >= 11 is 0. The Morgan fingerprint density at radius 2 is 1.13 bits per heavy atom. The number of nitrogens with one attached hydrogen (secondary N) is 1. The fourth-order valence-corrected chi connectivity index (χ4v) is 4.92. The molecule has 0 bridgehead atoms. The quantitative estimate of drug-likeness (QED) is 0.257. The summed E-state index contributed by atoms with van der Waals surface area (Å²) in [6.07, 6.45) is -0.260. The maximum Gasteiger partial charge on any atom is 0.145 e. The van der Waals surface area contributed by atoms with Gasteiger partial charge in [0.15, 0.2) is 0 Å². The van der Waals surface area contributed by atoms with E-state index in [-0.39, 0.29) is 12.0 Å². The molecule has 4 heteroatoms. The molecule has 1 aliphatic heterocycles. The van der Waals surface area contributed by atoms with Crippen molar-refractivity contribution in [3.05, 3.63) is 151 Å². The maximum atomic E-state index is 6.81. The lowest BCUT2D eigenvalue weighted by molar-refractivity contribution is 0.175. The molecular weight excluding hydrogens is 466 g/mol. The van der Waals surface area contributed by atoms with Crippen LogP contribution in [0.25, 0.3) is 0 Å². The average molecular weight is 496 g/mol. The van der Waals surface area contributed by atoms with Gasteiger partial charge in [-0.15, -0.1) is 0 Å². The zero-order valence-electron chi connectivity index (χ0n) is 21.0. The molecule has 5 aromatic rings. The number of amidine groups is 1. The Kier molecular flexibility index (Phi) is 6.86. The van der Waals surface area contributed by atoms with Gasteiger partial charge in [-0.1, -0.05) is 97.1 Å². The molecule has 0 aromatic heterocycles. The van der Waals surface area contributed by atoms with Crippen molar-refractivity contribution in [3.63, 3.8) is 0 Å². The number of ether oxygens (including phenoxy) is 1. The summed E-state index contributed by atoms with van der Waals surface area (Å²) < 4.78 is 6.81. The van der Waals surface area contributed by atoms with E-state index in [0.29, 0.717) is 6.54 Å². The van der Waals surface area contributed by atoms with Crippen molar-refractivity contribution >= 4 is 28.6 Å². The summed E-state index contributed by atoms with van der Waals surface area (Å²) in [6, 6.07) is 49.7. The molecule has 0 saturated carbocycles. The smallest absolute Gasteiger partial charge is 0.145 e. The summed E-state index contributed by atoms with van der Waals surface area (Å²) in [5.41, 5.74) is 5.09. The lowest BCUT2D eigenvalue weighted by Crippen LogP contribution is -2.40. The van der Waals surface area contributed by atoms with Crippen molar-refractivity contribution in [1.29, 1.82) is 0 Å². The van der Waals surface area contributed by atoms with Crippen LogP contribution in [0.15, 0.2) is 151 Å². The number of benzene rings is 5. The number of hydrogen-bond acceptors (Lipinski definition) is 4. The predicted molar refractivity (Wildman–Crippen MR) is 157 cm³/mol. The monoisotopic (exact) mass is 495 g/mol. The molecule has 186 valence electrons. The van der Waals surface area contributed by atoms with Crippen molar-refractivity contribution in [3.8, 4) is 5.75 Å². The van der Waals surface area contributed by atoms with Crippen LogP contribution in [-0.4, -0.2) is 12.4 Å². The number of hydrogen-bond donors (Lipinski definition) is 1. The second kappa shape index (κ2) is 11.1. The van der Waals surface area contributed by atoms with Gasteiger partial charge in [0.05, 0.1) is 5.92 Å². The van der Waals surface area contributed by atoms with E-state index in [2.05, 4.69) is 95.1 Å². The standard InChI is InChI=1S/C34H29N3O/c1-5-15-26(16-6-1)33-30(25-35-27-17-7-2-8-18-27)34(36-31-23-13-14-24-32(31)38-33)37(28-19-9-3-10-20-28)29-21-11-4-12-22-29/h1-24,30,33,35H,25H2. The van der Waals surface area contributed by atoms with E-state index in [4.69, 9.17) is 9.73 Å². The molecule has 0 fully saturated rings. The molecule has 1 aliphatic rings. The first-order valence-electron chi connectivity index (χ1n) is 13.0. The first-order valence-corrected chi connectivity index (χ1v) is 13.0. The average Bonchev–Trinajstić information content (AvgIpc) is 3.15. The van der Waals surface area contributed by atoms with Gasteiger partial charge in [0.1, 0.15) is 23.4 Å². The second-order valence-electron chi connectivity index (χ2n) is 9.25. The Balaban J connectivity index is 1.55. The minimum Gasteiger partial charge on any atom is -0.483 e. The van der Waals surface area contributed by atoms with Crippen LogP contribution < -0.4 is 15.0 Å². The molecule has 0 aliphatic carbocycles. The highest BCUT2D eigenvalue weighted by Crippen LogP contribution is 2.42. The van der Waals surface area contributed by atoms with Crippen molar-refractivity contribution in [2.75, 3.05) is 16.8 Å². The Labute approximate surface area is 223 Å². The van der Waals surface area contributed by atoms with E-state index in [1.807, 2.05) is 60.7 Å². The molecule has 1 N–H and O–H groups in total. The van der Waals surface area contributed by atoms with Crippen molar-refractivity contribution < 1.29 is 4.74 Å². The van der Waals surface area contributed by atoms with Crippen molar-refractivity contribution in [2.24, 2.45) is 10.9 Å². The number of anilines is 3. The molecule has 5 aromatic carbocycles.